The number of nitrogens with zero attached hydrogens (tertiary/aromatic N) is 6. The number of allylic oxidation sites excluding steroid dienone is 1. The second kappa shape index (κ2) is 13.7. The van der Waals surface area contributed by atoms with Gasteiger partial charge in [-0.05, 0) is 69.2 Å². The van der Waals surface area contributed by atoms with Gasteiger partial charge >= 0.3 is 0 Å². The van der Waals surface area contributed by atoms with E-state index < -0.39 is 0 Å². The van der Waals surface area contributed by atoms with Gasteiger partial charge in [-0.1, -0.05) is 48.5 Å². The summed E-state index contributed by atoms with van der Waals surface area (Å²) in [7, 11) is 6.11. The summed E-state index contributed by atoms with van der Waals surface area (Å²) < 4.78 is 0. The molecule has 1 aliphatic rings. The quantitative estimate of drug-likeness (QED) is 0.170. The fourth-order valence-corrected chi connectivity index (χ4v) is 5.40. The van der Waals surface area contributed by atoms with Crippen LogP contribution in [0.2, 0.25) is 0 Å². The number of hydrogen-bond donors (Lipinski definition) is 3. The third-order valence-electron chi connectivity index (χ3n) is 7.78. The number of hydrogen-bond acceptors (Lipinski definition) is 9. The van der Waals surface area contributed by atoms with Gasteiger partial charge in [0.2, 0.25) is 5.95 Å². The van der Waals surface area contributed by atoms with Crippen LogP contribution in [-0.2, 0) is 11.2 Å². The average Bonchev–Trinajstić information content (AvgIpc) is 3.44. The van der Waals surface area contributed by atoms with Crippen LogP contribution in [0.15, 0.2) is 91.0 Å². The highest BCUT2D eigenvalue weighted by Crippen LogP contribution is 2.34. The van der Waals surface area contributed by atoms with Gasteiger partial charge in [0, 0.05) is 61.8 Å². The first-order valence-corrected chi connectivity index (χ1v) is 15.2. The van der Waals surface area contributed by atoms with Gasteiger partial charge in [-0.25, -0.2) is 4.98 Å². The number of rotatable bonds is 11. The number of fused-ring (bicyclic) bond motifs is 1. The van der Waals surface area contributed by atoms with E-state index in [2.05, 4.69) is 55.9 Å². The zero-order valence-corrected chi connectivity index (χ0v) is 26.0. The van der Waals surface area contributed by atoms with E-state index in [1.165, 1.54) is 5.69 Å². The Hall–Kier alpha value is -5.06. The first-order chi connectivity index (χ1) is 21.9. The number of piperazine rings is 1. The van der Waals surface area contributed by atoms with Crippen LogP contribution >= 0.6 is 0 Å². The number of ketones is 1. The molecule has 5 aromatic rings. The zero-order valence-electron chi connectivity index (χ0n) is 26.0. The Labute approximate surface area is 263 Å². The number of anilines is 5. The second-order valence-electron chi connectivity index (χ2n) is 11.7. The van der Waals surface area contributed by atoms with Crippen molar-refractivity contribution in [1.29, 1.82) is 0 Å². The van der Waals surface area contributed by atoms with Crippen molar-refractivity contribution < 1.29 is 4.79 Å². The third-order valence-corrected chi connectivity index (χ3v) is 7.78. The fourth-order valence-electron chi connectivity index (χ4n) is 5.40. The molecule has 0 radical (unpaired) electrons. The van der Waals surface area contributed by atoms with Crippen molar-refractivity contribution in [3.63, 3.8) is 0 Å². The first-order valence-electron chi connectivity index (χ1n) is 15.2. The van der Waals surface area contributed by atoms with Crippen molar-refractivity contribution >= 4 is 45.6 Å². The summed E-state index contributed by atoms with van der Waals surface area (Å²) in [5, 5.41) is 15.3. The molecular formula is C35H39N9O. The number of H-pyrrole nitrogens is 1. The fraction of sp³-hybridized carbons (Fsp3) is 0.257. The molecule has 0 atom stereocenters. The maximum absolute atomic E-state index is 12.7. The minimum Gasteiger partial charge on any atom is -0.369 e. The molecule has 0 spiro atoms. The minimum atomic E-state index is 0.0548. The molecule has 1 aliphatic heterocycles. The van der Waals surface area contributed by atoms with E-state index in [4.69, 9.17) is 9.97 Å². The average molecular weight is 602 g/mol. The highest BCUT2D eigenvalue weighted by atomic mass is 16.1. The molecule has 45 heavy (non-hydrogen) atoms. The van der Waals surface area contributed by atoms with Crippen molar-refractivity contribution in [1.82, 2.24) is 30.0 Å². The molecule has 6 rings (SSSR count). The second-order valence-corrected chi connectivity index (χ2v) is 11.7. The Kier molecular flexibility index (Phi) is 9.14. The number of nitrogens with one attached hydrogen (secondary N) is 3. The standard InChI is InChI=1S/C35H39N9O/c1-42(2)17-9-16-30(45)23-25-10-7-11-26(22-25)32-31-33(36-27-12-5-4-6-13-27)40-41-34(31)39-35(38-32)37-28-14-8-15-29(24-28)44-20-18-43(3)19-21-44/h4-16,22,24H,17-21,23H2,1-3H3,(H3,36,37,38,39,40,41)/b16-9+. The number of benzene rings is 3. The normalized spacial score (nSPS) is 14.0. The van der Waals surface area contributed by atoms with Crippen molar-refractivity contribution in [2.45, 2.75) is 6.42 Å². The van der Waals surface area contributed by atoms with Crippen LogP contribution in [0.4, 0.5) is 28.8 Å². The number of aromatic amines is 1. The van der Waals surface area contributed by atoms with Gasteiger partial charge in [0.25, 0.3) is 0 Å². The Morgan fingerprint density at radius 1 is 0.911 bits per heavy atom. The highest BCUT2D eigenvalue weighted by Gasteiger charge is 2.19. The van der Waals surface area contributed by atoms with Gasteiger partial charge < -0.3 is 25.3 Å². The molecule has 10 heteroatoms. The summed E-state index contributed by atoms with van der Waals surface area (Å²) in [4.78, 5) is 29.3. The van der Waals surface area contributed by atoms with Gasteiger partial charge in [0.1, 0.15) is 5.82 Å². The zero-order chi connectivity index (χ0) is 31.2. The molecule has 0 unspecified atom stereocenters. The van der Waals surface area contributed by atoms with Crippen molar-refractivity contribution in [2.75, 3.05) is 69.4 Å². The lowest BCUT2D eigenvalue weighted by Gasteiger charge is -2.34. The lowest BCUT2D eigenvalue weighted by atomic mass is 10.0. The van der Waals surface area contributed by atoms with Crippen LogP contribution in [0.1, 0.15) is 5.56 Å². The third kappa shape index (κ3) is 7.54. The molecule has 3 N–H and O–H groups in total. The predicted molar refractivity (Wildman–Crippen MR) is 183 cm³/mol. The molecule has 3 aromatic carbocycles. The molecule has 1 fully saturated rings. The molecule has 0 bridgehead atoms. The van der Waals surface area contributed by atoms with Crippen molar-refractivity contribution in [2.24, 2.45) is 0 Å². The molecule has 0 amide bonds. The van der Waals surface area contributed by atoms with E-state index in [1.807, 2.05) is 85.7 Å². The smallest absolute Gasteiger partial charge is 0.229 e. The van der Waals surface area contributed by atoms with Crippen LogP contribution in [0.5, 0.6) is 0 Å². The van der Waals surface area contributed by atoms with Gasteiger partial charge in [0.05, 0.1) is 11.1 Å². The van der Waals surface area contributed by atoms with Gasteiger partial charge in [-0.15, -0.1) is 0 Å². The number of carbonyl (C=O) groups excluding carboxylic acids is 1. The number of para-hydroxylation sites is 1. The summed E-state index contributed by atoms with van der Waals surface area (Å²) in [6, 6.07) is 26.2. The number of carbonyl (C=O) groups is 1. The minimum absolute atomic E-state index is 0.0548. The first kappa shape index (κ1) is 30.0. The lowest BCUT2D eigenvalue weighted by molar-refractivity contribution is -0.114. The Morgan fingerprint density at radius 2 is 1.69 bits per heavy atom. The van der Waals surface area contributed by atoms with Gasteiger partial charge in [-0.3, -0.25) is 9.89 Å². The molecule has 230 valence electrons. The molecule has 3 heterocycles. The van der Waals surface area contributed by atoms with E-state index in [9.17, 15) is 4.79 Å². The lowest BCUT2D eigenvalue weighted by Crippen LogP contribution is -2.44. The van der Waals surface area contributed by atoms with Crippen LogP contribution < -0.4 is 15.5 Å². The van der Waals surface area contributed by atoms with E-state index in [0.29, 0.717) is 29.5 Å². The summed E-state index contributed by atoms with van der Waals surface area (Å²) >= 11 is 0. The van der Waals surface area contributed by atoms with Crippen molar-refractivity contribution in [3.05, 3.63) is 96.6 Å². The molecule has 0 saturated carbocycles. The summed E-state index contributed by atoms with van der Waals surface area (Å²) in [5.41, 5.74) is 6.01. The highest BCUT2D eigenvalue weighted by molar-refractivity contribution is 6.01. The van der Waals surface area contributed by atoms with Gasteiger partial charge in [-0.2, -0.15) is 10.1 Å². The van der Waals surface area contributed by atoms with E-state index in [-0.39, 0.29) is 5.78 Å². The van der Waals surface area contributed by atoms with E-state index >= 15 is 0 Å². The van der Waals surface area contributed by atoms with Crippen LogP contribution in [0.25, 0.3) is 22.3 Å². The number of aromatic nitrogens is 4. The predicted octanol–water partition coefficient (Wildman–Crippen LogP) is 5.49. The van der Waals surface area contributed by atoms with Crippen LogP contribution in [-0.4, -0.2) is 89.6 Å². The topological polar surface area (TPSA) is 105 Å². The Bertz CT molecular complexity index is 1790. The Morgan fingerprint density at radius 3 is 2.49 bits per heavy atom. The van der Waals surface area contributed by atoms with Crippen LogP contribution in [0.3, 0.4) is 0 Å². The summed E-state index contributed by atoms with van der Waals surface area (Å²) in [5.74, 6) is 1.20. The van der Waals surface area contributed by atoms with Crippen LogP contribution in [0, 0.1) is 0 Å². The monoisotopic (exact) mass is 601 g/mol. The number of likely N-dealkylation sites (N-methyl/N-ethyl adjacent to an activating group) is 2. The Balaban J connectivity index is 1.34. The molecule has 1 saturated heterocycles. The summed E-state index contributed by atoms with van der Waals surface area (Å²) in [6.07, 6.45) is 3.85. The molecule has 10 nitrogen and oxygen atoms in total. The molecule has 0 aliphatic carbocycles. The van der Waals surface area contributed by atoms with Gasteiger partial charge in [0.15, 0.2) is 11.4 Å². The largest absolute Gasteiger partial charge is 0.369 e. The maximum atomic E-state index is 12.7. The van der Waals surface area contributed by atoms with E-state index in [1.54, 1.807) is 6.08 Å². The maximum Gasteiger partial charge on any atom is 0.229 e. The summed E-state index contributed by atoms with van der Waals surface area (Å²) in [6.45, 7) is 4.77. The van der Waals surface area contributed by atoms with Crippen molar-refractivity contribution in [3.8, 4) is 11.3 Å². The molecule has 2 aromatic heterocycles. The van der Waals surface area contributed by atoms with E-state index in [0.717, 1.165) is 60.6 Å². The SMILES string of the molecule is CN(C)C/C=C/C(=O)Cc1cccc(-c2nc(Nc3cccc(N4CCN(C)CC4)c3)nc3n[nH]c(Nc4ccccc4)c23)c1. The molecular weight excluding hydrogens is 562 g/mol.